The zero-order valence-corrected chi connectivity index (χ0v) is 11.5. The number of carbonyl (C=O) groups excluding carboxylic acids is 1. The quantitative estimate of drug-likeness (QED) is 0.744. The molecule has 4 N–H and O–H groups in total. The Hall–Kier alpha value is -1.26. The van der Waals surface area contributed by atoms with E-state index >= 15 is 0 Å². The highest BCUT2D eigenvalue weighted by Crippen LogP contribution is 2.24. The van der Waals surface area contributed by atoms with Crippen molar-refractivity contribution in [1.82, 2.24) is 5.32 Å². The predicted octanol–water partition coefficient (Wildman–Crippen LogP) is 2.20. The number of aliphatic hydroxyl groups excluding tert-OH is 1. The Labute approximate surface area is 117 Å². The molecule has 1 amide bonds. The van der Waals surface area contributed by atoms with Gasteiger partial charge < -0.3 is 16.2 Å². The van der Waals surface area contributed by atoms with Gasteiger partial charge in [0.2, 0.25) is 0 Å². The maximum absolute atomic E-state index is 12.0. The van der Waals surface area contributed by atoms with Gasteiger partial charge in [-0.2, -0.15) is 0 Å². The number of nitrogens with one attached hydrogen (secondary N) is 1. The van der Waals surface area contributed by atoms with Crippen LogP contribution < -0.4 is 11.1 Å². The number of nitrogens with two attached hydrogens (primary N) is 1. The number of nitrogen functional groups attached to an aromatic ring is 1. The summed E-state index contributed by atoms with van der Waals surface area (Å²) in [5, 5.41) is 13.2. The number of anilines is 1. The van der Waals surface area contributed by atoms with E-state index in [0.29, 0.717) is 22.8 Å². The van der Waals surface area contributed by atoms with E-state index in [0.717, 1.165) is 25.7 Å². The van der Waals surface area contributed by atoms with Crippen LogP contribution >= 0.6 is 11.6 Å². The number of amides is 1. The molecule has 1 aromatic carbocycles. The lowest BCUT2D eigenvalue weighted by atomic mass is 9.86. The van der Waals surface area contributed by atoms with Gasteiger partial charge in [-0.1, -0.05) is 24.4 Å². The van der Waals surface area contributed by atoms with Crippen LogP contribution in [0.2, 0.25) is 5.02 Å². The van der Waals surface area contributed by atoms with Gasteiger partial charge in [0, 0.05) is 23.2 Å². The van der Waals surface area contributed by atoms with Crippen LogP contribution in [-0.4, -0.2) is 23.7 Å². The van der Waals surface area contributed by atoms with E-state index in [1.165, 1.54) is 0 Å². The molecule has 1 aliphatic rings. The molecular formula is C14H19ClN2O2. The second-order valence-corrected chi connectivity index (χ2v) is 5.49. The molecule has 0 radical (unpaired) electrons. The summed E-state index contributed by atoms with van der Waals surface area (Å²) in [6.45, 7) is 0.478. The van der Waals surface area contributed by atoms with Gasteiger partial charge in [-0.15, -0.1) is 0 Å². The van der Waals surface area contributed by atoms with Crippen molar-refractivity contribution in [2.45, 2.75) is 31.8 Å². The summed E-state index contributed by atoms with van der Waals surface area (Å²) in [4.78, 5) is 12.0. The molecule has 0 spiro atoms. The van der Waals surface area contributed by atoms with Crippen molar-refractivity contribution in [3.8, 4) is 0 Å². The highest BCUT2D eigenvalue weighted by Gasteiger charge is 2.23. The highest BCUT2D eigenvalue weighted by atomic mass is 35.5. The van der Waals surface area contributed by atoms with Crippen molar-refractivity contribution >= 4 is 23.2 Å². The molecule has 1 saturated carbocycles. The van der Waals surface area contributed by atoms with Crippen LogP contribution in [-0.2, 0) is 0 Å². The molecule has 0 saturated heterocycles. The first-order valence-electron chi connectivity index (χ1n) is 6.59. The minimum atomic E-state index is -0.314. The topological polar surface area (TPSA) is 75.4 Å². The van der Waals surface area contributed by atoms with E-state index in [9.17, 15) is 9.90 Å². The first-order valence-corrected chi connectivity index (χ1v) is 6.97. The lowest BCUT2D eigenvalue weighted by Crippen LogP contribution is -2.36. The number of benzene rings is 1. The molecule has 2 unspecified atom stereocenters. The van der Waals surface area contributed by atoms with E-state index in [1.807, 2.05) is 0 Å². The maximum atomic E-state index is 12.0. The van der Waals surface area contributed by atoms with Gasteiger partial charge in [0.05, 0.1) is 11.7 Å². The smallest absolute Gasteiger partial charge is 0.253 e. The fraction of sp³-hybridized carbons (Fsp3) is 0.500. The normalized spacial score (nSPS) is 23.1. The number of hydrogen-bond donors (Lipinski definition) is 3. The van der Waals surface area contributed by atoms with Crippen molar-refractivity contribution in [3.63, 3.8) is 0 Å². The van der Waals surface area contributed by atoms with Crippen molar-refractivity contribution in [2.24, 2.45) is 5.92 Å². The third-order valence-electron chi connectivity index (χ3n) is 3.65. The fourth-order valence-electron chi connectivity index (χ4n) is 2.47. The number of carbonyl (C=O) groups is 1. The van der Waals surface area contributed by atoms with E-state index in [-0.39, 0.29) is 17.9 Å². The molecule has 0 bridgehead atoms. The first-order chi connectivity index (χ1) is 9.08. The minimum Gasteiger partial charge on any atom is -0.398 e. The fourth-order valence-corrected chi connectivity index (χ4v) is 2.64. The van der Waals surface area contributed by atoms with Gasteiger partial charge in [0.1, 0.15) is 0 Å². The van der Waals surface area contributed by atoms with Crippen LogP contribution in [0.25, 0.3) is 0 Å². The molecule has 4 nitrogen and oxygen atoms in total. The average molecular weight is 283 g/mol. The first kappa shape index (κ1) is 14.2. The molecular weight excluding hydrogens is 264 g/mol. The van der Waals surface area contributed by atoms with E-state index < -0.39 is 0 Å². The van der Waals surface area contributed by atoms with Gasteiger partial charge in [0.15, 0.2) is 0 Å². The van der Waals surface area contributed by atoms with Crippen molar-refractivity contribution in [3.05, 3.63) is 28.8 Å². The highest BCUT2D eigenvalue weighted by molar-refractivity contribution is 6.31. The van der Waals surface area contributed by atoms with Crippen LogP contribution in [0.5, 0.6) is 0 Å². The van der Waals surface area contributed by atoms with Crippen LogP contribution in [0, 0.1) is 5.92 Å². The number of rotatable bonds is 3. The standard InChI is InChI=1S/C14H19ClN2O2/c15-10-5-6-12(16)11(7-10)14(19)17-8-9-3-1-2-4-13(9)18/h5-7,9,13,18H,1-4,8,16H2,(H,17,19). The van der Waals surface area contributed by atoms with Gasteiger partial charge in [0.25, 0.3) is 5.91 Å². The summed E-state index contributed by atoms with van der Waals surface area (Å²) in [6.07, 6.45) is 3.63. The number of hydrogen-bond acceptors (Lipinski definition) is 3. The molecule has 5 heteroatoms. The predicted molar refractivity (Wildman–Crippen MR) is 76.2 cm³/mol. The summed E-state index contributed by atoms with van der Waals surface area (Å²) < 4.78 is 0. The number of halogens is 1. The third kappa shape index (κ3) is 3.61. The summed E-state index contributed by atoms with van der Waals surface area (Å²) in [5.41, 5.74) is 6.55. The SMILES string of the molecule is Nc1ccc(Cl)cc1C(=O)NCC1CCCCC1O. The van der Waals surface area contributed by atoms with Gasteiger partial charge in [-0.25, -0.2) is 0 Å². The Morgan fingerprint density at radius 1 is 1.42 bits per heavy atom. The molecule has 1 aromatic rings. The Balaban J connectivity index is 1.95. The van der Waals surface area contributed by atoms with Crippen molar-refractivity contribution < 1.29 is 9.90 Å². The van der Waals surface area contributed by atoms with Crippen molar-refractivity contribution in [1.29, 1.82) is 0 Å². The van der Waals surface area contributed by atoms with Gasteiger partial charge in [-0.05, 0) is 31.0 Å². The van der Waals surface area contributed by atoms with Gasteiger partial charge >= 0.3 is 0 Å². The Kier molecular flexibility index (Phi) is 4.66. The van der Waals surface area contributed by atoms with Crippen LogP contribution in [0.15, 0.2) is 18.2 Å². The molecule has 0 heterocycles. The van der Waals surface area contributed by atoms with Crippen LogP contribution in [0.3, 0.4) is 0 Å². The second-order valence-electron chi connectivity index (χ2n) is 5.05. The second kappa shape index (κ2) is 6.26. The molecule has 2 rings (SSSR count). The largest absolute Gasteiger partial charge is 0.398 e. The molecule has 104 valence electrons. The summed E-state index contributed by atoms with van der Waals surface area (Å²) in [7, 11) is 0. The summed E-state index contributed by atoms with van der Waals surface area (Å²) in [6, 6.07) is 4.83. The van der Waals surface area contributed by atoms with Gasteiger partial charge in [-0.3, -0.25) is 4.79 Å². The Morgan fingerprint density at radius 2 is 2.16 bits per heavy atom. The lowest BCUT2D eigenvalue weighted by molar-refractivity contribution is 0.0663. The summed E-state index contributed by atoms with van der Waals surface area (Å²) >= 11 is 5.86. The van der Waals surface area contributed by atoms with Crippen LogP contribution in [0.1, 0.15) is 36.0 Å². The third-order valence-corrected chi connectivity index (χ3v) is 3.89. The Bertz CT molecular complexity index is 465. The molecule has 0 aliphatic heterocycles. The average Bonchev–Trinajstić information content (AvgIpc) is 2.40. The van der Waals surface area contributed by atoms with E-state index in [4.69, 9.17) is 17.3 Å². The maximum Gasteiger partial charge on any atom is 0.253 e. The molecule has 1 aliphatic carbocycles. The molecule has 0 aromatic heterocycles. The lowest BCUT2D eigenvalue weighted by Gasteiger charge is -2.27. The summed E-state index contributed by atoms with van der Waals surface area (Å²) in [5.74, 6) is -0.101. The molecule has 2 atom stereocenters. The number of aliphatic hydroxyl groups is 1. The van der Waals surface area contributed by atoms with E-state index in [2.05, 4.69) is 5.32 Å². The monoisotopic (exact) mass is 282 g/mol. The minimum absolute atomic E-state index is 0.137. The zero-order chi connectivity index (χ0) is 13.8. The van der Waals surface area contributed by atoms with Crippen LogP contribution in [0.4, 0.5) is 5.69 Å². The van der Waals surface area contributed by atoms with E-state index in [1.54, 1.807) is 18.2 Å². The zero-order valence-electron chi connectivity index (χ0n) is 10.7. The molecule has 19 heavy (non-hydrogen) atoms. The van der Waals surface area contributed by atoms with Crippen molar-refractivity contribution in [2.75, 3.05) is 12.3 Å². The molecule has 1 fully saturated rings. The Morgan fingerprint density at radius 3 is 2.89 bits per heavy atom.